The largest absolute Gasteiger partial charge is 0.310 e. The number of anilines is 1. The maximum atomic E-state index is 12.4. The smallest absolute Gasteiger partial charge is 0.250 e. The molecule has 3 aromatic heterocycles. The monoisotopic (exact) mass is 343 g/mol. The lowest BCUT2D eigenvalue weighted by Gasteiger charge is -2.16. The van der Waals surface area contributed by atoms with Gasteiger partial charge in [-0.1, -0.05) is 17.7 Å². The molecule has 0 aliphatic rings. The quantitative estimate of drug-likeness (QED) is 0.723. The van der Waals surface area contributed by atoms with Gasteiger partial charge in [-0.3, -0.25) is 14.6 Å². The van der Waals surface area contributed by atoms with E-state index in [0.717, 1.165) is 5.69 Å². The highest BCUT2D eigenvalue weighted by Gasteiger charge is 2.18. The molecule has 24 heavy (non-hydrogen) atoms. The second-order valence-electron chi connectivity index (χ2n) is 5.08. The molecule has 0 unspecified atom stereocenters. The van der Waals surface area contributed by atoms with E-state index in [1.807, 2.05) is 6.07 Å². The molecule has 0 bridgehead atoms. The van der Waals surface area contributed by atoms with Gasteiger partial charge in [0, 0.05) is 25.5 Å². The normalized spacial score (nSPS) is 10.6. The molecular weight excluding hydrogens is 330 g/mol. The Hall–Kier alpha value is -2.93. The molecule has 1 amide bonds. The summed E-state index contributed by atoms with van der Waals surface area (Å²) in [4.78, 5) is 29.5. The Kier molecular flexibility index (Phi) is 4.43. The molecule has 0 aliphatic heterocycles. The van der Waals surface area contributed by atoms with Crippen LogP contribution in [-0.4, -0.2) is 32.3 Å². The third-order valence-corrected chi connectivity index (χ3v) is 3.77. The molecule has 0 fully saturated rings. The van der Waals surface area contributed by atoms with Crippen LogP contribution in [0.2, 0.25) is 5.15 Å². The zero-order valence-corrected chi connectivity index (χ0v) is 13.6. The summed E-state index contributed by atoms with van der Waals surface area (Å²) in [6.45, 7) is -0.0788. The number of rotatable bonds is 4. The molecule has 7 nitrogen and oxygen atoms in total. The van der Waals surface area contributed by atoms with Crippen LogP contribution in [0.25, 0.3) is 5.69 Å². The van der Waals surface area contributed by atoms with Crippen molar-refractivity contribution in [3.63, 3.8) is 0 Å². The van der Waals surface area contributed by atoms with Crippen molar-refractivity contribution in [1.82, 2.24) is 19.3 Å². The number of likely N-dealkylation sites (N-methyl/N-ethyl adjacent to an activating group) is 1. The fourth-order valence-corrected chi connectivity index (χ4v) is 2.42. The van der Waals surface area contributed by atoms with Gasteiger partial charge in [-0.15, -0.1) is 0 Å². The molecule has 3 heterocycles. The topological polar surface area (TPSA) is 73.0 Å². The minimum atomic E-state index is -0.282. The first-order chi connectivity index (χ1) is 11.6. The van der Waals surface area contributed by atoms with Gasteiger partial charge in [-0.25, -0.2) is 4.68 Å². The van der Waals surface area contributed by atoms with E-state index in [1.165, 1.54) is 15.5 Å². The van der Waals surface area contributed by atoms with Gasteiger partial charge in [0.15, 0.2) is 5.15 Å². The van der Waals surface area contributed by atoms with Gasteiger partial charge in [0.2, 0.25) is 5.91 Å². The van der Waals surface area contributed by atoms with Crippen molar-refractivity contribution >= 4 is 23.2 Å². The summed E-state index contributed by atoms with van der Waals surface area (Å²) in [6.07, 6.45) is 6.50. The molecule has 122 valence electrons. The van der Waals surface area contributed by atoms with Crippen LogP contribution in [0.3, 0.4) is 0 Å². The Labute approximate surface area is 142 Å². The van der Waals surface area contributed by atoms with Crippen LogP contribution in [0, 0.1) is 0 Å². The Bertz CT molecular complexity index is 919. The Morgan fingerprint density at radius 3 is 2.83 bits per heavy atom. The summed E-state index contributed by atoms with van der Waals surface area (Å²) in [6, 6.07) is 8.33. The average Bonchev–Trinajstić information content (AvgIpc) is 2.99. The Morgan fingerprint density at radius 1 is 1.29 bits per heavy atom. The predicted molar refractivity (Wildman–Crippen MR) is 90.5 cm³/mol. The number of carbonyl (C=O) groups excluding carboxylic acids is 1. The molecule has 3 rings (SSSR count). The lowest BCUT2D eigenvalue weighted by atomic mass is 10.4. The third-order valence-electron chi connectivity index (χ3n) is 3.50. The van der Waals surface area contributed by atoms with Crippen molar-refractivity contribution in [2.45, 2.75) is 6.54 Å². The van der Waals surface area contributed by atoms with Gasteiger partial charge in [-0.2, -0.15) is 5.10 Å². The van der Waals surface area contributed by atoms with Gasteiger partial charge in [0.25, 0.3) is 5.56 Å². The Balaban J connectivity index is 1.84. The molecule has 0 aromatic carbocycles. The van der Waals surface area contributed by atoms with Crippen molar-refractivity contribution in [1.29, 1.82) is 0 Å². The second-order valence-corrected chi connectivity index (χ2v) is 5.44. The van der Waals surface area contributed by atoms with E-state index in [0.29, 0.717) is 5.69 Å². The number of aromatic nitrogens is 4. The van der Waals surface area contributed by atoms with Crippen LogP contribution in [0.4, 0.5) is 5.69 Å². The number of hydrogen-bond acceptors (Lipinski definition) is 4. The lowest BCUT2D eigenvalue weighted by Crippen LogP contribution is -2.33. The number of carbonyl (C=O) groups is 1. The van der Waals surface area contributed by atoms with E-state index < -0.39 is 0 Å². The molecule has 3 aromatic rings. The standard InChI is InChI=1S/C16H14ClN5O2/c1-20(15(24)11-21-8-3-2-6-14(21)23)13-10-22(19-16(13)17)12-5-4-7-18-9-12/h2-10H,11H2,1H3. The SMILES string of the molecule is CN(C(=O)Cn1ccccc1=O)c1cn(-c2cccnc2)nc1Cl. The van der Waals surface area contributed by atoms with Crippen LogP contribution in [0.1, 0.15) is 0 Å². The predicted octanol–water partition coefficient (Wildman–Crippen LogP) is 1.75. The highest BCUT2D eigenvalue weighted by molar-refractivity contribution is 6.32. The molecule has 0 saturated carbocycles. The zero-order valence-electron chi connectivity index (χ0n) is 12.8. The van der Waals surface area contributed by atoms with E-state index in [4.69, 9.17) is 11.6 Å². The Morgan fingerprint density at radius 2 is 2.12 bits per heavy atom. The van der Waals surface area contributed by atoms with Gasteiger partial charge >= 0.3 is 0 Å². The molecule has 0 radical (unpaired) electrons. The summed E-state index contributed by atoms with van der Waals surface area (Å²) >= 11 is 6.15. The number of nitrogens with zero attached hydrogens (tertiary/aromatic N) is 5. The first kappa shape index (κ1) is 15.9. The fraction of sp³-hybridized carbons (Fsp3) is 0.125. The summed E-state index contributed by atoms with van der Waals surface area (Å²) < 4.78 is 2.88. The van der Waals surface area contributed by atoms with E-state index >= 15 is 0 Å². The minimum absolute atomic E-state index is 0.0788. The summed E-state index contributed by atoms with van der Waals surface area (Å²) in [5.41, 5.74) is 0.941. The molecule has 0 aliphatic carbocycles. The summed E-state index contributed by atoms with van der Waals surface area (Å²) in [5, 5.41) is 4.38. The number of hydrogen-bond donors (Lipinski definition) is 0. The molecule has 0 atom stereocenters. The average molecular weight is 344 g/mol. The van der Waals surface area contributed by atoms with E-state index in [9.17, 15) is 9.59 Å². The van der Waals surface area contributed by atoms with Crippen LogP contribution in [-0.2, 0) is 11.3 Å². The van der Waals surface area contributed by atoms with E-state index in [1.54, 1.807) is 54.7 Å². The van der Waals surface area contributed by atoms with E-state index in [-0.39, 0.29) is 23.2 Å². The second kappa shape index (κ2) is 6.67. The number of halogens is 1. The third kappa shape index (κ3) is 3.21. The van der Waals surface area contributed by atoms with Crippen LogP contribution < -0.4 is 10.5 Å². The van der Waals surface area contributed by atoms with Gasteiger partial charge < -0.3 is 9.47 Å². The van der Waals surface area contributed by atoms with Crippen LogP contribution in [0.15, 0.2) is 59.9 Å². The van der Waals surface area contributed by atoms with Crippen molar-refractivity contribution in [2.24, 2.45) is 0 Å². The minimum Gasteiger partial charge on any atom is -0.310 e. The molecule has 0 spiro atoms. The zero-order chi connectivity index (χ0) is 17.1. The molecule has 8 heteroatoms. The first-order valence-electron chi connectivity index (χ1n) is 7.14. The van der Waals surface area contributed by atoms with Crippen molar-refractivity contribution in [3.8, 4) is 5.69 Å². The van der Waals surface area contributed by atoms with Crippen molar-refractivity contribution in [2.75, 3.05) is 11.9 Å². The fourth-order valence-electron chi connectivity index (χ4n) is 2.17. The first-order valence-corrected chi connectivity index (χ1v) is 7.51. The van der Waals surface area contributed by atoms with E-state index in [2.05, 4.69) is 10.1 Å². The van der Waals surface area contributed by atoms with Gasteiger partial charge in [-0.05, 0) is 18.2 Å². The van der Waals surface area contributed by atoms with Crippen molar-refractivity contribution < 1.29 is 4.79 Å². The van der Waals surface area contributed by atoms with Gasteiger partial charge in [0.1, 0.15) is 12.2 Å². The number of pyridine rings is 2. The molecule has 0 N–H and O–H groups in total. The molecular formula is C16H14ClN5O2. The lowest BCUT2D eigenvalue weighted by molar-refractivity contribution is -0.118. The van der Waals surface area contributed by atoms with Crippen LogP contribution in [0.5, 0.6) is 0 Å². The summed E-state index contributed by atoms with van der Waals surface area (Å²) in [5.74, 6) is -0.282. The van der Waals surface area contributed by atoms with Gasteiger partial charge in [0.05, 0.1) is 18.1 Å². The highest BCUT2D eigenvalue weighted by atomic mass is 35.5. The van der Waals surface area contributed by atoms with Crippen LogP contribution >= 0.6 is 11.6 Å². The number of amides is 1. The maximum absolute atomic E-state index is 12.4. The summed E-state index contributed by atoms with van der Waals surface area (Å²) in [7, 11) is 1.59. The van der Waals surface area contributed by atoms with Crippen molar-refractivity contribution in [3.05, 3.63) is 70.6 Å². The molecule has 0 saturated heterocycles. The maximum Gasteiger partial charge on any atom is 0.250 e. The highest BCUT2D eigenvalue weighted by Crippen LogP contribution is 2.25.